The molecule has 2 rings (SSSR count). The number of hydrogen-bond acceptors (Lipinski definition) is 3. The molecule has 19 heavy (non-hydrogen) atoms. The van der Waals surface area contributed by atoms with Crippen molar-refractivity contribution < 1.29 is 9.13 Å². The predicted molar refractivity (Wildman–Crippen MR) is 71.6 cm³/mol. The highest BCUT2D eigenvalue weighted by molar-refractivity contribution is 6.28. The molecule has 0 saturated heterocycles. The summed E-state index contributed by atoms with van der Waals surface area (Å²) in [5.41, 5.74) is 0.431. The third-order valence-corrected chi connectivity index (χ3v) is 2.93. The van der Waals surface area contributed by atoms with Crippen molar-refractivity contribution >= 4 is 11.6 Å². The van der Waals surface area contributed by atoms with E-state index in [1.54, 1.807) is 16.7 Å². The molecule has 0 amide bonds. The minimum absolute atomic E-state index is 0.155. The number of ether oxygens (including phenoxy) is 1. The molecule has 0 spiro atoms. The normalized spacial score (nSPS) is 11.7. The van der Waals surface area contributed by atoms with Crippen LogP contribution in [0.2, 0.25) is 5.28 Å². The molecule has 0 bridgehead atoms. The zero-order chi connectivity index (χ0) is 14.2. The Morgan fingerprint density at radius 2 is 1.95 bits per heavy atom. The number of aromatic nitrogens is 3. The smallest absolute Gasteiger partial charge is 0.229 e. The van der Waals surface area contributed by atoms with Crippen molar-refractivity contribution in [1.29, 1.82) is 0 Å². The van der Waals surface area contributed by atoms with Crippen LogP contribution in [0.1, 0.15) is 26.6 Å². The van der Waals surface area contributed by atoms with Crippen LogP contribution in [-0.4, -0.2) is 21.9 Å². The van der Waals surface area contributed by atoms with Crippen LogP contribution in [0, 0.1) is 5.82 Å². The Morgan fingerprint density at radius 3 is 2.53 bits per heavy atom. The Kier molecular flexibility index (Phi) is 3.49. The van der Waals surface area contributed by atoms with E-state index in [0.29, 0.717) is 11.5 Å². The quantitative estimate of drug-likeness (QED) is 0.848. The number of benzene rings is 1. The standard InChI is InChI=1S/C13H15ClFN3O/c1-13(2,3)11-16-17-12(14)18(11)8-5-6-9(15)10(7-8)19-4/h5-7H,1-4H3. The molecule has 0 aliphatic rings. The van der Waals surface area contributed by atoms with E-state index in [9.17, 15) is 4.39 Å². The second-order valence-corrected chi connectivity index (χ2v) is 5.53. The molecular formula is C13H15ClFN3O. The fourth-order valence-electron chi connectivity index (χ4n) is 1.77. The summed E-state index contributed by atoms with van der Waals surface area (Å²) in [6.07, 6.45) is 0. The van der Waals surface area contributed by atoms with Gasteiger partial charge in [-0.2, -0.15) is 0 Å². The fourth-order valence-corrected chi connectivity index (χ4v) is 1.98. The number of hydrogen-bond donors (Lipinski definition) is 0. The molecule has 0 aliphatic heterocycles. The lowest BCUT2D eigenvalue weighted by molar-refractivity contribution is 0.386. The van der Waals surface area contributed by atoms with Crippen molar-refractivity contribution in [2.45, 2.75) is 26.2 Å². The minimum Gasteiger partial charge on any atom is -0.494 e. The van der Waals surface area contributed by atoms with Gasteiger partial charge >= 0.3 is 0 Å². The van der Waals surface area contributed by atoms with Crippen LogP contribution in [-0.2, 0) is 5.41 Å². The van der Waals surface area contributed by atoms with Gasteiger partial charge in [0.1, 0.15) is 5.82 Å². The summed E-state index contributed by atoms with van der Waals surface area (Å²) < 4.78 is 20.1. The zero-order valence-electron chi connectivity index (χ0n) is 11.2. The molecular weight excluding hydrogens is 269 g/mol. The molecule has 2 aromatic rings. The van der Waals surface area contributed by atoms with E-state index in [2.05, 4.69) is 10.2 Å². The van der Waals surface area contributed by atoms with Crippen molar-refractivity contribution in [2.24, 2.45) is 0 Å². The Bertz CT molecular complexity index is 604. The number of halogens is 2. The summed E-state index contributed by atoms with van der Waals surface area (Å²) >= 11 is 6.08. The first-order valence-electron chi connectivity index (χ1n) is 5.80. The van der Waals surface area contributed by atoms with Crippen LogP contribution in [0.4, 0.5) is 4.39 Å². The van der Waals surface area contributed by atoms with Crippen molar-refractivity contribution in [2.75, 3.05) is 7.11 Å². The number of nitrogens with zero attached hydrogens (tertiary/aromatic N) is 3. The summed E-state index contributed by atoms with van der Waals surface area (Å²) in [4.78, 5) is 0. The summed E-state index contributed by atoms with van der Waals surface area (Å²) in [6.45, 7) is 6.01. The maximum absolute atomic E-state index is 13.4. The van der Waals surface area contributed by atoms with Gasteiger partial charge in [-0.25, -0.2) is 4.39 Å². The van der Waals surface area contributed by atoms with Crippen molar-refractivity contribution in [3.05, 3.63) is 35.1 Å². The van der Waals surface area contributed by atoms with Crippen molar-refractivity contribution in [3.8, 4) is 11.4 Å². The molecule has 0 atom stereocenters. The lowest BCUT2D eigenvalue weighted by Crippen LogP contribution is -2.18. The second-order valence-electron chi connectivity index (χ2n) is 5.20. The van der Waals surface area contributed by atoms with E-state index in [1.165, 1.54) is 13.2 Å². The monoisotopic (exact) mass is 283 g/mol. The topological polar surface area (TPSA) is 39.9 Å². The van der Waals surface area contributed by atoms with Gasteiger partial charge in [-0.1, -0.05) is 20.8 Å². The lowest BCUT2D eigenvalue weighted by atomic mass is 9.95. The summed E-state index contributed by atoms with van der Waals surface area (Å²) in [5.74, 6) is 0.432. The molecule has 0 radical (unpaired) electrons. The molecule has 1 aromatic carbocycles. The van der Waals surface area contributed by atoms with E-state index < -0.39 is 5.82 Å². The highest BCUT2D eigenvalue weighted by Crippen LogP contribution is 2.29. The zero-order valence-corrected chi connectivity index (χ0v) is 12.0. The maximum Gasteiger partial charge on any atom is 0.229 e. The van der Waals surface area contributed by atoms with Gasteiger partial charge in [-0.3, -0.25) is 4.57 Å². The van der Waals surface area contributed by atoms with Gasteiger partial charge in [0.05, 0.1) is 12.8 Å². The van der Waals surface area contributed by atoms with Crippen LogP contribution in [0.25, 0.3) is 5.69 Å². The van der Waals surface area contributed by atoms with Crippen LogP contribution >= 0.6 is 11.6 Å². The third kappa shape index (κ3) is 2.56. The van der Waals surface area contributed by atoms with Crippen LogP contribution in [0.3, 0.4) is 0 Å². The predicted octanol–water partition coefficient (Wildman–Crippen LogP) is 3.37. The molecule has 102 valence electrons. The van der Waals surface area contributed by atoms with E-state index in [4.69, 9.17) is 16.3 Å². The van der Waals surface area contributed by atoms with E-state index in [1.807, 2.05) is 20.8 Å². The van der Waals surface area contributed by atoms with Gasteiger partial charge in [0.25, 0.3) is 0 Å². The maximum atomic E-state index is 13.4. The summed E-state index contributed by atoms with van der Waals surface area (Å²) in [5, 5.41) is 8.20. The fraction of sp³-hybridized carbons (Fsp3) is 0.385. The number of rotatable bonds is 2. The van der Waals surface area contributed by atoms with Gasteiger partial charge in [-0.15, -0.1) is 10.2 Å². The van der Waals surface area contributed by atoms with Gasteiger partial charge in [0.2, 0.25) is 5.28 Å². The first-order valence-corrected chi connectivity index (χ1v) is 6.17. The van der Waals surface area contributed by atoms with Gasteiger partial charge < -0.3 is 4.74 Å². The second kappa shape index (κ2) is 4.81. The average molecular weight is 284 g/mol. The van der Waals surface area contributed by atoms with Crippen LogP contribution < -0.4 is 4.74 Å². The molecule has 1 heterocycles. The average Bonchev–Trinajstić information content (AvgIpc) is 2.72. The largest absolute Gasteiger partial charge is 0.494 e. The minimum atomic E-state index is -0.423. The molecule has 0 N–H and O–H groups in total. The Morgan fingerprint density at radius 1 is 1.26 bits per heavy atom. The molecule has 6 heteroatoms. The SMILES string of the molecule is COc1cc(-n2c(Cl)nnc2C(C)(C)C)ccc1F. The summed E-state index contributed by atoms with van der Waals surface area (Å²) in [6, 6.07) is 4.51. The van der Waals surface area contributed by atoms with Crippen LogP contribution in [0.5, 0.6) is 5.75 Å². The molecule has 0 fully saturated rings. The highest BCUT2D eigenvalue weighted by Gasteiger charge is 2.24. The highest BCUT2D eigenvalue weighted by atomic mass is 35.5. The van der Waals surface area contributed by atoms with Crippen molar-refractivity contribution in [1.82, 2.24) is 14.8 Å². The number of methoxy groups -OCH3 is 1. The Balaban J connectivity index is 2.62. The van der Waals surface area contributed by atoms with Crippen LogP contribution in [0.15, 0.2) is 18.2 Å². The Hall–Kier alpha value is -1.62. The first kappa shape index (κ1) is 13.8. The molecule has 0 saturated carbocycles. The Labute approximate surface area is 116 Å². The molecule has 0 aliphatic carbocycles. The third-order valence-electron chi connectivity index (χ3n) is 2.69. The van der Waals surface area contributed by atoms with Gasteiger partial charge in [0, 0.05) is 11.5 Å². The van der Waals surface area contributed by atoms with E-state index in [0.717, 1.165) is 0 Å². The van der Waals surface area contributed by atoms with E-state index in [-0.39, 0.29) is 16.4 Å². The summed E-state index contributed by atoms with van der Waals surface area (Å²) in [7, 11) is 1.42. The first-order chi connectivity index (χ1) is 8.84. The lowest BCUT2D eigenvalue weighted by Gasteiger charge is -2.19. The van der Waals surface area contributed by atoms with Crippen molar-refractivity contribution in [3.63, 3.8) is 0 Å². The van der Waals surface area contributed by atoms with Gasteiger partial charge in [-0.05, 0) is 23.7 Å². The molecule has 0 unspecified atom stereocenters. The van der Waals surface area contributed by atoms with Gasteiger partial charge in [0.15, 0.2) is 11.6 Å². The van der Waals surface area contributed by atoms with E-state index >= 15 is 0 Å². The molecule has 1 aromatic heterocycles. The molecule has 4 nitrogen and oxygen atoms in total.